The molecule has 1 amide bonds. The molecule has 2 rings (SSSR count). The van der Waals surface area contributed by atoms with E-state index in [9.17, 15) is 4.79 Å². The first kappa shape index (κ1) is 10.9. The second-order valence-electron chi connectivity index (χ2n) is 4.96. The molecule has 0 aliphatic heterocycles. The van der Waals surface area contributed by atoms with Crippen LogP contribution in [0.15, 0.2) is 0 Å². The number of carbonyl (C=O) groups is 1. The minimum absolute atomic E-state index is 0.170. The third-order valence-corrected chi connectivity index (χ3v) is 3.43. The first-order valence-corrected chi connectivity index (χ1v) is 6.34. The minimum atomic E-state index is 0.170. The Kier molecular flexibility index (Phi) is 4.01. The lowest BCUT2D eigenvalue weighted by Crippen LogP contribution is -2.35. The molecule has 0 aromatic rings. The van der Waals surface area contributed by atoms with Gasteiger partial charge in [-0.15, -0.1) is 0 Å². The maximum absolute atomic E-state index is 11.3. The maximum Gasteiger partial charge on any atom is 0.234 e. The van der Waals surface area contributed by atoms with Gasteiger partial charge in [0.05, 0.1) is 6.54 Å². The van der Waals surface area contributed by atoms with Crippen molar-refractivity contribution in [2.45, 2.75) is 51.0 Å². The molecule has 0 aromatic carbocycles. The highest BCUT2D eigenvalue weighted by Crippen LogP contribution is 2.26. The van der Waals surface area contributed by atoms with Crippen LogP contribution in [0.1, 0.15) is 44.9 Å². The van der Waals surface area contributed by atoms with Crippen LogP contribution in [0, 0.1) is 5.92 Å². The summed E-state index contributed by atoms with van der Waals surface area (Å²) in [6.07, 6.45) is 9.21. The summed E-state index contributed by atoms with van der Waals surface area (Å²) in [4.78, 5) is 11.3. The Morgan fingerprint density at radius 2 is 1.87 bits per heavy atom. The highest BCUT2D eigenvalue weighted by molar-refractivity contribution is 5.78. The Morgan fingerprint density at radius 1 is 1.13 bits per heavy atom. The molecule has 0 aromatic heterocycles. The number of nitrogens with one attached hydrogen (secondary N) is 2. The first-order valence-electron chi connectivity index (χ1n) is 6.34. The van der Waals surface area contributed by atoms with E-state index in [-0.39, 0.29) is 5.91 Å². The smallest absolute Gasteiger partial charge is 0.234 e. The Morgan fingerprint density at radius 3 is 2.53 bits per heavy atom. The molecule has 2 aliphatic rings. The summed E-state index contributed by atoms with van der Waals surface area (Å²) in [6, 6.07) is 0.495. The Bertz CT molecular complexity index is 208. The van der Waals surface area contributed by atoms with E-state index in [4.69, 9.17) is 0 Å². The standard InChI is InChI=1S/C12H22N2O/c15-12(14-11-5-6-11)9-13-8-7-10-3-1-2-4-10/h10-11,13H,1-9H2,(H,14,15). The number of hydrogen-bond acceptors (Lipinski definition) is 2. The van der Waals surface area contributed by atoms with Gasteiger partial charge in [-0.2, -0.15) is 0 Å². The average Bonchev–Trinajstić information content (AvgIpc) is 2.87. The molecule has 0 radical (unpaired) electrons. The fourth-order valence-electron chi connectivity index (χ4n) is 2.31. The van der Waals surface area contributed by atoms with Gasteiger partial charge in [0.2, 0.25) is 5.91 Å². The van der Waals surface area contributed by atoms with E-state index >= 15 is 0 Å². The van der Waals surface area contributed by atoms with E-state index < -0.39 is 0 Å². The summed E-state index contributed by atoms with van der Waals surface area (Å²) < 4.78 is 0. The first-order chi connectivity index (χ1) is 7.34. The fourth-order valence-corrected chi connectivity index (χ4v) is 2.31. The second-order valence-corrected chi connectivity index (χ2v) is 4.96. The number of rotatable bonds is 6. The van der Waals surface area contributed by atoms with E-state index in [1.807, 2.05) is 0 Å². The van der Waals surface area contributed by atoms with Crippen molar-refractivity contribution < 1.29 is 4.79 Å². The lowest BCUT2D eigenvalue weighted by atomic mass is 10.0. The summed E-state index contributed by atoms with van der Waals surface area (Å²) in [5.74, 6) is 1.09. The second kappa shape index (κ2) is 5.50. The maximum atomic E-state index is 11.3. The van der Waals surface area contributed by atoms with Crippen LogP contribution in [0.5, 0.6) is 0 Å². The zero-order valence-electron chi connectivity index (χ0n) is 9.43. The largest absolute Gasteiger partial charge is 0.352 e. The van der Waals surface area contributed by atoms with Crippen molar-refractivity contribution in [3.8, 4) is 0 Å². The average molecular weight is 210 g/mol. The van der Waals surface area contributed by atoms with E-state index in [0.717, 1.165) is 12.5 Å². The van der Waals surface area contributed by atoms with Crippen LogP contribution in [-0.4, -0.2) is 25.0 Å². The van der Waals surface area contributed by atoms with Crippen LogP contribution in [0.3, 0.4) is 0 Å². The molecule has 0 atom stereocenters. The molecule has 0 spiro atoms. The molecule has 3 nitrogen and oxygen atoms in total. The Hall–Kier alpha value is -0.570. The topological polar surface area (TPSA) is 41.1 Å². The third-order valence-electron chi connectivity index (χ3n) is 3.43. The van der Waals surface area contributed by atoms with Gasteiger partial charge >= 0.3 is 0 Å². The van der Waals surface area contributed by atoms with Gasteiger partial charge in [-0.1, -0.05) is 25.7 Å². The predicted molar refractivity (Wildman–Crippen MR) is 60.6 cm³/mol. The van der Waals surface area contributed by atoms with E-state index in [1.165, 1.54) is 44.9 Å². The van der Waals surface area contributed by atoms with Gasteiger partial charge in [0, 0.05) is 6.04 Å². The SMILES string of the molecule is O=C(CNCCC1CCCC1)NC1CC1. The highest BCUT2D eigenvalue weighted by atomic mass is 16.2. The summed E-state index contributed by atoms with van der Waals surface area (Å²) >= 11 is 0. The van der Waals surface area contributed by atoms with Crippen molar-refractivity contribution in [3.05, 3.63) is 0 Å². The summed E-state index contributed by atoms with van der Waals surface area (Å²) in [7, 11) is 0. The van der Waals surface area contributed by atoms with Gasteiger partial charge in [0.25, 0.3) is 0 Å². The normalized spacial score (nSPS) is 21.9. The van der Waals surface area contributed by atoms with Crippen molar-refractivity contribution >= 4 is 5.91 Å². The lowest BCUT2D eigenvalue weighted by molar-refractivity contribution is -0.120. The molecule has 2 aliphatic carbocycles. The minimum Gasteiger partial charge on any atom is -0.352 e. The monoisotopic (exact) mass is 210 g/mol. The van der Waals surface area contributed by atoms with Gasteiger partial charge in [0.1, 0.15) is 0 Å². The molecule has 0 bridgehead atoms. The highest BCUT2D eigenvalue weighted by Gasteiger charge is 2.22. The molecule has 0 saturated heterocycles. The summed E-state index contributed by atoms with van der Waals surface area (Å²) in [6.45, 7) is 1.51. The molecule has 15 heavy (non-hydrogen) atoms. The fraction of sp³-hybridized carbons (Fsp3) is 0.917. The molecule has 0 unspecified atom stereocenters. The lowest BCUT2D eigenvalue weighted by Gasteiger charge is -2.09. The quantitative estimate of drug-likeness (QED) is 0.651. The van der Waals surface area contributed by atoms with Crippen molar-refractivity contribution in [3.63, 3.8) is 0 Å². The zero-order chi connectivity index (χ0) is 10.5. The Labute approximate surface area is 92.0 Å². The summed E-state index contributed by atoms with van der Waals surface area (Å²) in [5.41, 5.74) is 0. The number of carbonyl (C=O) groups excluding carboxylic acids is 1. The van der Waals surface area contributed by atoms with E-state index in [1.54, 1.807) is 0 Å². The molecule has 3 heteroatoms. The van der Waals surface area contributed by atoms with Crippen LogP contribution in [0.25, 0.3) is 0 Å². The van der Waals surface area contributed by atoms with Crippen LogP contribution < -0.4 is 10.6 Å². The van der Waals surface area contributed by atoms with Crippen molar-refractivity contribution in [1.82, 2.24) is 10.6 Å². The van der Waals surface area contributed by atoms with Crippen molar-refractivity contribution in [2.24, 2.45) is 5.92 Å². The molecular weight excluding hydrogens is 188 g/mol. The molecule has 0 heterocycles. The molecule has 86 valence electrons. The van der Waals surface area contributed by atoms with Gasteiger partial charge < -0.3 is 10.6 Å². The van der Waals surface area contributed by atoms with Crippen molar-refractivity contribution in [2.75, 3.05) is 13.1 Å². The van der Waals surface area contributed by atoms with E-state index in [0.29, 0.717) is 12.6 Å². The van der Waals surface area contributed by atoms with Crippen LogP contribution in [-0.2, 0) is 4.79 Å². The predicted octanol–water partition coefficient (Wildman–Crippen LogP) is 1.43. The van der Waals surface area contributed by atoms with E-state index in [2.05, 4.69) is 10.6 Å². The number of hydrogen-bond donors (Lipinski definition) is 2. The third kappa shape index (κ3) is 4.20. The van der Waals surface area contributed by atoms with Crippen LogP contribution in [0.2, 0.25) is 0 Å². The molecule has 2 N–H and O–H groups in total. The molecular formula is C12H22N2O. The summed E-state index contributed by atoms with van der Waals surface area (Å²) in [5, 5.41) is 6.21. The van der Waals surface area contributed by atoms with Gasteiger partial charge in [-0.3, -0.25) is 4.79 Å². The van der Waals surface area contributed by atoms with Gasteiger partial charge in [-0.25, -0.2) is 0 Å². The van der Waals surface area contributed by atoms with Crippen molar-refractivity contribution in [1.29, 1.82) is 0 Å². The van der Waals surface area contributed by atoms with Crippen LogP contribution in [0.4, 0.5) is 0 Å². The number of amides is 1. The Balaban J connectivity index is 1.44. The van der Waals surface area contributed by atoms with Gasteiger partial charge in [-0.05, 0) is 31.7 Å². The molecule has 2 fully saturated rings. The van der Waals surface area contributed by atoms with Crippen LogP contribution >= 0.6 is 0 Å². The zero-order valence-corrected chi connectivity index (χ0v) is 9.43. The van der Waals surface area contributed by atoms with Gasteiger partial charge in [0.15, 0.2) is 0 Å². The molecule has 2 saturated carbocycles.